The lowest BCUT2D eigenvalue weighted by Gasteiger charge is -2.26. The molecule has 1 heterocycles. The summed E-state index contributed by atoms with van der Waals surface area (Å²) >= 11 is 5.96. The van der Waals surface area contributed by atoms with Gasteiger partial charge in [-0.15, -0.1) is 0 Å². The molecule has 3 nitrogen and oxygen atoms in total. The van der Waals surface area contributed by atoms with Crippen LogP contribution in [0.4, 0.5) is 5.69 Å². The molecule has 0 bridgehead atoms. The molecule has 98 valence electrons. The van der Waals surface area contributed by atoms with Gasteiger partial charge in [-0.3, -0.25) is 4.79 Å². The lowest BCUT2D eigenvalue weighted by molar-refractivity contribution is -0.117. The SMILES string of the molecule is CNCC1CC(=O)N(c2ccc(Cl)cc2C)C1C. The topological polar surface area (TPSA) is 32.3 Å². The first kappa shape index (κ1) is 13.4. The van der Waals surface area contributed by atoms with Crippen molar-refractivity contribution in [1.82, 2.24) is 5.32 Å². The molecule has 1 aromatic rings. The van der Waals surface area contributed by atoms with Crippen molar-refractivity contribution in [3.8, 4) is 0 Å². The minimum absolute atomic E-state index is 0.202. The highest BCUT2D eigenvalue weighted by Gasteiger charge is 2.37. The fourth-order valence-electron chi connectivity index (χ4n) is 2.68. The number of carbonyl (C=O) groups is 1. The molecule has 2 atom stereocenters. The molecule has 1 aliphatic rings. The molecule has 1 N–H and O–H groups in total. The zero-order valence-electron chi connectivity index (χ0n) is 11.0. The monoisotopic (exact) mass is 266 g/mol. The summed E-state index contributed by atoms with van der Waals surface area (Å²) < 4.78 is 0. The molecular weight excluding hydrogens is 248 g/mol. The van der Waals surface area contributed by atoms with Crippen LogP contribution in [0, 0.1) is 12.8 Å². The first-order chi connectivity index (χ1) is 8.54. The second kappa shape index (κ2) is 5.29. The van der Waals surface area contributed by atoms with Gasteiger partial charge in [-0.1, -0.05) is 11.6 Å². The maximum absolute atomic E-state index is 12.2. The van der Waals surface area contributed by atoms with Crippen LogP contribution < -0.4 is 10.2 Å². The van der Waals surface area contributed by atoms with Crippen molar-refractivity contribution in [3.63, 3.8) is 0 Å². The van der Waals surface area contributed by atoms with E-state index in [1.807, 2.05) is 37.1 Å². The normalized spacial score (nSPS) is 23.8. The van der Waals surface area contributed by atoms with Crippen molar-refractivity contribution >= 4 is 23.2 Å². The van der Waals surface area contributed by atoms with E-state index in [-0.39, 0.29) is 11.9 Å². The Morgan fingerprint density at radius 2 is 2.22 bits per heavy atom. The van der Waals surface area contributed by atoms with E-state index >= 15 is 0 Å². The Labute approximate surface area is 113 Å². The Balaban J connectivity index is 2.30. The van der Waals surface area contributed by atoms with Gasteiger partial charge in [0.15, 0.2) is 0 Å². The van der Waals surface area contributed by atoms with Crippen molar-refractivity contribution < 1.29 is 4.79 Å². The number of hydrogen-bond donors (Lipinski definition) is 1. The number of amides is 1. The van der Waals surface area contributed by atoms with Crippen molar-refractivity contribution in [1.29, 1.82) is 0 Å². The Morgan fingerprint density at radius 3 is 2.83 bits per heavy atom. The molecule has 0 spiro atoms. The molecule has 1 fully saturated rings. The quantitative estimate of drug-likeness (QED) is 0.912. The van der Waals surface area contributed by atoms with Crippen LogP contribution in [-0.2, 0) is 4.79 Å². The number of halogens is 1. The predicted molar refractivity (Wildman–Crippen MR) is 75.2 cm³/mol. The van der Waals surface area contributed by atoms with E-state index < -0.39 is 0 Å². The highest BCUT2D eigenvalue weighted by atomic mass is 35.5. The molecule has 4 heteroatoms. The number of anilines is 1. The van der Waals surface area contributed by atoms with E-state index in [1.54, 1.807) is 0 Å². The summed E-state index contributed by atoms with van der Waals surface area (Å²) in [5, 5.41) is 3.87. The van der Waals surface area contributed by atoms with Crippen LogP contribution in [0.25, 0.3) is 0 Å². The van der Waals surface area contributed by atoms with Gasteiger partial charge in [0.25, 0.3) is 0 Å². The van der Waals surface area contributed by atoms with Crippen LogP contribution in [0.3, 0.4) is 0 Å². The number of hydrogen-bond acceptors (Lipinski definition) is 2. The zero-order valence-corrected chi connectivity index (χ0v) is 11.8. The standard InChI is InChI=1S/C14H19ClN2O/c1-9-6-12(15)4-5-13(9)17-10(2)11(8-16-3)7-14(17)18/h4-6,10-11,16H,7-8H2,1-3H3. The lowest BCUT2D eigenvalue weighted by Crippen LogP contribution is -2.35. The largest absolute Gasteiger partial charge is 0.319 e. The van der Waals surface area contributed by atoms with E-state index in [2.05, 4.69) is 12.2 Å². The van der Waals surface area contributed by atoms with Crippen LogP contribution in [-0.4, -0.2) is 25.5 Å². The van der Waals surface area contributed by atoms with Crippen LogP contribution in [0.1, 0.15) is 18.9 Å². The third-order valence-corrected chi connectivity index (χ3v) is 3.91. The molecule has 0 aliphatic carbocycles. The molecule has 18 heavy (non-hydrogen) atoms. The lowest BCUT2D eigenvalue weighted by atomic mass is 10.0. The third kappa shape index (κ3) is 2.38. The van der Waals surface area contributed by atoms with E-state index in [1.165, 1.54) is 0 Å². The average molecular weight is 267 g/mol. The van der Waals surface area contributed by atoms with Crippen LogP contribution in [0.15, 0.2) is 18.2 Å². The fraction of sp³-hybridized carbons (Fsp3) is 0.500. The maximum Gasteiger partial charge on any atom is 0.227 e. The molecule has 1 aromatic carbocycles. The average Bonchev–Trinajstić information content (AvgIpc) is 2.56. The molecule has 2 rings (SSSR count). The van der Waals surface area contributed by atoms with E-state index in [9.17, 15) is 4.79 Å². The Bertz CT molecular complexity index is 461. The van der Waals surface area contributed by atoms with Gasteiger partial charge in [-0.05, 0) is 44.7 Å². The predicted octanol–water partition coefficient (Wildman–Crippen LogP) is 2.61. The summed E-state index contributed by atoms with van der Waals surface area (Å²) in [6.45, 7) is 4.98. The van der Waals surface area contributed by atoms with Gasteiger partial charge in [-0.25, -0.2) is 0 Å². The van der Waals surface area contributed by atoms with E-state index in [0.717, 1.165) is 17.8 Å². The minimum Gasteiger partial charge on any atom is -0.319 e. The summed E-state index contributed by atoms with van der Waals surface area (Å²) in [6, 6.07) is 5.91. The molecule has 1 amide bonds. The number of benzene rings is 1. The number of rotatable bonds is 3. The van der Waals surface area contributed by atoms with Crippen LogP contribution >= 0.6 is 11.6 Å². The molecule has 1 aliphatic heterocycles. The highest BCUT2D eigenvalue weighted by molar-refractivity contribution is 6.30. The Hall–Kier alpha value is -1.06. The van der Waals surface area contributed by atoms with Gasteiger partial charge in [0.2, 0.25) is 5.91 Å². The van der Waals surface area contributed by atoms with Gasteiger partial charge in [0.05, 0.1) is 0 Å². The minimum atomic E-state index is 0.202. The highest BCUT2D eigenvalue weighted by Crippen LogP contribution is 2.33. The maximum atomic E-state index is 12.2. The van der Waals surface area contributed by atoms with Crippen molar-refractivity contribution in [3.05, 3.63) is 28.8 Å². The molecule has 0 radical (unpaired) electrons. The number of nitrogens with one attached hydrogen (secondary N) is 1. The molecule has 0 saturated carbocycles. The first-order valence-electron chi connectivity index (χ1n) is 6.27. The van der Waals surface area contributed by atoms with Gasteiger partial charge in [-0.2, -0.15) is 0 Å². The molecule has 1 saturated heterocycles. The van der Waals surface area contributed by atoms with Gasteiger partial charge < -0.3 is 10.2 Å². The molecule has 2 unspecified atom stereocenters. The van der Waals surface area contributed by atoms with E-state index in [0.29, 0.717) is 17.4 Å². The van der Waals surface area contributed by atoms with E-state index in [4.69, 9.17) is 11.6 Å². The molecular formula is C14H19ClN2O. The number of nitrogens with zero attached hydrogens (tertiary/aromatic N) is 1. The van der Waals surface area contributed by atoms with Gasteiger partial charge >= 0.3 is 0 Å². The van der Waals surface area contributed by atoms with Crippen molar-refractivity contribution in [2.45, 2.75) is 26.3 Å². The Kier molecular flexibility index (Phi) is 3.93. The first-order valence-corrected chi connectivity index (χ1v) is 6.65. The van der Waals surface area contributed by atoms with Gasteiger partial charge in [0, 0.05) is 35.6 Å². The fourth-order valence-corrected chi connectivity index (χ4v) is 2.91. The second-order valence-corrected chi connectivity index (χ2v) is 5.39. The zero-order chi connectivity index (χ0) is 13.3. The summed E-state index contributed by atoms with van der Waals surface area (Å²) in [6.07, 6.45) is 0.615. The smallest absolute Gasteiger partial charge is 0.227 e. The van der Waals surface area contributed by atoms with Crippen molar-refractivity contribution in [2.75, 3.05) is 18.5 Å². The summed E-state index contributed by atoms with van der Waals surface area (Å²) in [7, 11) is 1.92. The van der Waals surface area contributed by atoms with Crippen LogP contribution in [0.2, 0.25) is 5.02 Å². The summed E-state index contributed by atoms with van der Waals surface area (Å²) in [4.78, 5) is 14.1. The number of aryl methyl sites for hydroxylation is 1. The number of carbonyl (C=O) groups excluding carboxylic acids is 1. The van der Waals surface area contributed by atoms with Crippen molar-refractivity contribution in [2.24, 2.45) is 5.92 Å². The summed E-state index contributed by atoms with van der Waals surface area (Å²) in [5.41, 5.74) is 2.03. The summed E-state index contributed by atoms with van der Waals surface area (Å²) in [5.74, 6) is 0.575. The second-order valence-electron chi connectivity index (χ2n) is 4.96. The van der Waals surface area contributed by atoms with Crippen LogP contribution in [0.5, 0.6) is 0 Å². The molecule has 0 aromatic heterocycles. The van der Waals surface area contributed by atoms with Gasteiger partial charge in [0.1, 0.15) is 0 Å². The third-order valence-electron chi connectivity index (χ3n) is 3.68. The Morgan fingerprint density at radius 1 is 1.50 bits per heavy atom.